The van der Waals surface area contributed by atoms with Gasteiger partial charge in [-0.1, -0.05) is 17.7 Å². The minimum absolute atomic E-state index is 0.0217. The first-order chi connectivity index (χ1) is 13.8. The zero-order chi connectivity index (χ0) is 21.0. The molecule has 0 amide bonds. The number of anilines is 1. The summed E-state index contributed by atoms with van der Waals surface area (Å²) >= 11 is 0. The van der Waals surface area contributed by atoms with Crippen LogP contribution >= 0.6 is 0 Å². The van der Waals surface area contributed by atoms with Crippen molar-refractivity contribution in [2.24, 2.45) is 0 Å². The van der Waals surface area contributed by atoms with Gasteiger partial charge in [0.05, 0.1) is 16.9 Å². The summed E-state index contributed by atoms with van der Waals surface area (Å²) in [5.41, 5.74) is 0.970. The molecule has 3 aromatic rings. The number of rotatable bonds is 7. The first-order valence-corrected chi connectivity index (χ1v) is 9.96. The highest BCUT2D eigenvalue weighted by molar-refractivity contribution is 7.92. The van der Waals surface area contributed by atoms with Crippen LogP contribution in [0.3, 0.4) is 0 Å². The summed E-state index contributed by atoms with van der Waals surface area (Å²) in [6, 6.07) is 17.3. The van der Waals surface area contributed by atoms with E-state index in [4.69, 9.17) is 9.47 Å². The molecule has 0 aliphatic carbocycles. The van der Waals surface area contributed by atoms with Gasteiger partial charge in [0.15, 0.2) is 5.75 Å². The van der Waals surface area contributed by atoms with Crippen LogP contribution in [-0.4, -0.2) is 20.5 Å². The maximum atomic E-state index is 12.6. The molecule has 0 fully saturated rings. The van der Waals surface area contributed by atoms with Crippen molar-refractivity contribution in [1.82, 2.24) is 0 Å². The predicted molar refractivity (Wildman–Crippen MR) is 108 cm³/mol. The van der Waals surface area contributed by atoms with Crippen molar-refractivity contribution in [1.29, 1.82) is 0 Å². The van der Waals surface area contributed by atoms with E-state index in [0.29, 0.717) is 17.2 Å². The summed E-state index contributed by atoms with van der Waals surface area (Å²) in [4.78, 5) is 10.2. The molecule has 0 aromatic heterocycles. The molecule has 0 aliphatic rings. The van der Waals surface area contributed by atoms with E-state index in [9.17, 15) is 18.5 Å². The van der Waals surface area contributed by atoms with Crippen LogP contribution in [0.15, 0.2) is 71.6 Å². The molecular weight excluding hydrogens is 396 g/mol. The van der Waals surface area contributed by atoms with Crippen LogP contribution in [0.5, 0.6) is 17.2 Å². The molecule has 0 heterocycles. The number of sulfonamides is 1. The monoisotopic (exact) mass is 414 g/mol. The third kappa shape index (κ3) is 4.82. The van der Waals surface area contributed by atoms with E-state index in [2.05, 4.69) is 4.72 Å². The average molecular weight is 414 g/mol. The highest BCUT2D eigenvalue weighted by Crippen LogP contribution is 2.30. The van der Waals surface area contributed by atoms with Gasteiger partial charge >= 0.3 is 5.69 Å². The molecule has 8 nitrogen and oxygen atoms in total. The zero-order valence-electron chi connectivity index (χ0n) is 15.7. The Balaban J connectivity index is 1.77. The highest BCUT2D eigenvalue weighted by Gasteiger charge is 2.22. The number of benzene rings is 3. The fourth-order valence-electron chi connectivity index (χ4n) is 2.53. The van der Waals surface area contributed by atoms with Gasteiger partial charge in [-0.25, -0.2) is 8.42 Å². The summed E-state index contributed by atoms with van der Waals surface area (Å²) in [5.74, 6) is 1.18. The van der Waals surface area contributed by atoms with Gasteiger partial charge in [-0.05, 0) is 55.5 Å². The van der Waals surface area contributed by atoms with E-state index >= 15 is 0 Å². The minimum Gasteiger partial charge on any atom is -0.490 e. The average Bonchev–Trinajstić information content (AvgIpc) is 2.70. The maximum absolute atomic E-state index is 12.6. The van der Waals surface area contributed by atoms with Crippen molar-refractivity contribution in [2.45, 2.75) is 11.8 Å². The Hall–Kier alpha value is -3.59. The normalized spacial score (nSPS) is 11.0. The number of nitrogens with one attached hydrogen (secondary N) is 1. The van der Waals surface area contributed by atoms with Crippen LogP contribution < -0.4 is 14.2 Å². The van der Waals surface area contributed by atoms with Crippen molar-refractivity contribution in [2.75, 3.05) is 11.8 Å². The molecule has 29 heavy (non-hydrogen) atoms. The Morgan fingerprint density at radius 1 is 0.931 bits per heavy atom. The van der Waals surface area contributed by atoms with Gasteiger partial charge in [0.25, 0.3) is 10.0 Å². The molecule has 150 valence electrons. The van der Waals surface area contributed by atoms with Gasteiger partial charge in [0.2, 0.25) is 0 Å². The maximum Gasteiger partial charge on any atom is 0.312 e. The number of hydrogen-bond donors (Lipinski definition) is 1. The Kier molecular flexibility index (Phi) is 5.69. The summed E-state index contributed by atoms with van der Waals surface area (Å²) in [6.45, 7) is 1.97. The van der Waals surface area contributed by atoms with Crippen molar-refractivity contribution in [3.8, 4) is 17.2 Å². The number of nitro benzene ring substituents is 1. The fourth-order valence-corrected chi connectivity index (χ4v) is 3.61. The molecule has 3 aromatic carbocycles. The largest absolute Gasteiger partial charge is 0.490 e. The smallest absolute Gasteiger partial charge is 0.312 e. The van der Waals surface area contributed by atoms with E-state index in [0.717, 1.165) is 11.6 Å². The lowest BCUT2D eigenvalue weighted by molar-refractivity contribution is -0.386. The SMILES string of the molecule is COc1ccc(S(=O)(=O)Nc2ccc(Oc3ccc(C)cc3)cc2)cc1[N+](=O)[O-]. The van der Waals surface area contributed by atoms with Gasteiger partial charge in [-0.3, -0.25) is 14.8 Å². The molecule has 0 unspecified atom stereocenters. The minimum atomic E-state index is -4.02. The first kappa shape index (κ1) is 20.2. The molecule has 3 rings (SSSR count). The molecule has 0 saturated carbocycles. The second kappa shape index (κ2) is 8.19. The van der Waals surface area contributed by atoms with Gasteiger partial charge < -0.3 is 9.47 Å². The van der Waals surface area contributed by atoms with Gasteiger partial charge in [0.1, 0.15) is 11.5 Å². The van der Waals surface area contributed by atoms with Gasteiger partial charge in [-0.15, -0.1) is 0 Å². The summed E-state index contributed by atoms with van der Waals surface area (Å²) in [7, 11) is -2.75. The third-order valence-corrected chi connectivity index (χ3v) is 5.40. The number of hydrogen-bond acceptors (Lipinski definition) is 6. The number of nitrogens with zero attached hydrogens (tertiary/aromatic N) is 1. The van der Waals surface area contributed by atoms with Gasteiger partial charge in [0, 0.05) is 11.8 Å². The number of ether oxygens (including phenoxy) is 2. The fraction of sp³-hybridized carbons (Fsp3) is 0.100. The molecule has 0 aliphatic heterocycles. The lowest BCUT2D eigenvalue weighted by Gasteiger charge is -2.10. The number of aryl methyl sites for hydroxylation is 1. The van der Waals surface area contributed by atoms with E-state index < -0.39 is 20.6 Å². The Labute approximate surface area is 167 Å². The second-order valence-corrected chi connectivity index (χ2v) is 7.82. The third-order valence-electron chi connectivity index (χ3n) is 4.02. The van der Waals surface area contributed by atoms with Crippen LogP contribution in [0.2, 0.25) is 0 Å². The summed E-state index contributed by atoms with van der Waals surface area (Å²) in [6.07, 6.45) is 0. The summed E-state index contributed by atoms with van der Waals surface area (Å²) < 4.78 is 38.1. The Bertz CT molecular complexity index is 1130. The van der Waals surface area contributed by atoms with Crippen LogP contribution in [0.4, 0.5) is 11.4 Å². The highest BCUT2D eigenvalue weighted by atomic mass is 32.2. The Morgan fingerprint density at radius 2 is 1.52 bits per heavy atom. The molecule has 0 spiro atoms. The van der Waals surface area contributed by atoms with Crippen molar-refractivity contribution in [3.63, 3.8) is 0 Å². The lowest BCUT2D eigenvalue weighted by Crippen LogP contribution is -2.13. The molecular formula is C20H18N2O6S. The zero-order valence-corrected chi connectivity index (χ0v) is 16.5. The molecule has 1 N–H and O–H groups in total. The molecule has 0 atom stereocenters. The lowest BCUT2D eigenvalue weighted by atomic mass is 10.2. The van der Waals surface area contributed by atoms with E-state index in [1.165, 1.54) is 19.2 Å². The van der Waals surface area contributed by atoms with Crippen LogP contribution in [-0.2, 0) is 10.0 Å². The van der Waals surface area contributed by atoms with Crippen LogP contribution in [0.1, 0.15) is 5.56 Å². The standard InChI is InChI=1S/C20H18N2O6S/c1-14-3-7-16(8-4-14)28-17-9-5-15(6-10-17)21-29(25,26)18-11-12-20(27-2)19(13-18)22(23)24/h3-13,21H,1-2H3. The molecule has 0 saturated heterocycles. The predicted octanol–water partition coefficient (Wildman–Crippen LogP) is 4.50. The van der Waals surface area contributed by atoms with Crippen LogP contribution in [0.25, 0.3) is 0 Å². The molecule has 9 heteroatoms. The van der Waals surface area contributed by atoms with E-state index in [1.807, 2.05) is 31.2 Å². The number of methoxy groups -OCH3 is 1. The molecule has 0 radical (unpaired) electrons. The second-order valence-electron chi connectivity index (χ2n) is 6.14. The van der Waals surface area contributed by atoms with Crippen molar-refractivity contribution in [3.05, 3.63) is 82.4 Å². The first-order valence-electron chi connectivity index (χ1n) is 8.48. The number of nitro groups is 1. The van der Waals surface area contributed by atoms with Crippen molar-refractivity contribution >= 4 is 21.4 Å². The topological polar surface area (TPSA) is 108 Å². The Morgan fingerprint density at radius 3 is 2.07 bits per heavy atom. The van der Waals surface area contributed by atoms with Gasteiger partial charge in [-0.2, -0.15) is 0 Å². The van der Waals surface area contributed by atoms with E-state index in [1.54, 1.807) is 24.3 Å². The summed E-state index contributed by atoms with van der Waals surface area (Å²) in [5, 5.41) is 11.1. The van der Waals surface area contributed by atoms with Crippen LogP contribution in [0, 0.1) is 17.0 Å². The molecule has 0 bridgehead atoms. The van der Waals surface area contributed by atoms with E-state index in [-0.39, 0.29) is 10.6 Å². The van der Waals surface area contributed by atoms with Crippen molar-refractivity contribution < 1.29 is 22.8 Å². The quantitative estimate of drug-likeness (QED) is 0.450.